The van der Waals surface area contributed by atoms with Crippen LogP contribution in [0.25, 0.3) is 0 Å². The third-order valence-electron chi connectivity index (χ3n) is 4.63. The van der Waals surface area contributed by atoms with Gasteiger partial charge in [-0.1, -0.05) is 30.3 Å². The highest BCUT2D eigenvalue weighted by molar-refractivity contribution is 5.77. The molecule has 1 heterocycles. The van der Waals surface area contributed by atoms with Crippen LogP contribution in [-0.2, 0) is 20.9 Å². The van der Waals surface area contributed by atoms with E-state index in [9.17, 15) is 9.59 Å². The van der Waals surface area contributed by atoms with Crippen molar-refractivity contribution >= 4 is 11.8 Å². The molecule has 1 aromatic carbocycles. The average Bonchev–Trinajstić information content (AvgIpc) is 2.60. The largest absolute Gasteiger partial charge is 0.383 e. The smallest absolute Gasteiger partial charge is 0.278 e. The molecule has 1 aromatic rings. The van der Waals surface area contributed by atoms with Crippen molar-refractivity contribution < 1.29 is 19.2 Å². The van der Waals surface area contributed by atoms with E-state index in [0.717, 1.165) is 31.5 Å². The number of benzene rings is 1. The number of amides is 2. The van der Waals surface area contributed by atoms with Gasteiger partial charge in [-0.25, -0.2) is 0 Å². The molecule has 0 aliphatic carbocycles. The predicted molar refractivity (Wildman–Crippen MR) is 91.2 cm³/mol. The molecule has 0 radical (unpaired) electrons. The minimum absolute atomic E-state index is 0.0298. The van der Waals surface area contributed by atoms with Crippen molar-refractivity contribution in [3.63, 3.8) is 0 Å². The molecule has 0 spiro atoms. The van der Waals surface area contributed by atoms with Crippen LogP contribution in [0.15, 0.2) is 30.3 Å². The Hall–Kier alpha value is -1.92. The molecule has 0 atom stereocenters. The van der Waals surface area contributed by atoms with Crippen LogP contribution in [0.4, 0.5) is 0 Å². The lowest BCUT2D eigenvalue weighted by Crippen LogP contribution is -3.14. The molecule has 3 N–H and O–H groups in total. The molecule has 6 heteroatoms. The Morgan fingerprint density at radius 3 is 2.50 bits per heavy atom. The number of likely N-dealkylation sites (tertiary alicyclic amines) is 1. The summed E-state index contributed by atoms with van der Waals surface area (Å²) in [4.78, 5) is 27.0. The fourth-order valence-electron chi connectivity index (χ4n) is 3.11. The third kappa shape index (κ3) is 5.62. The topological polar surface area (TPSA) is 77.1 Å². The number of nitrogens with one attached hydrogen (secondary N) is 1. The number of ether oxygens (including phenoxy) is 1. The van der Waals surface area contributed by atoms with Gasteiger partial charge in [0.2, 0.25) is 5.91 Å². The van der Waals surface area contributed by atoms with Gasteiger partial charge >= 0.3 is 0 Å². The molecule has 24 heavy (non-hydrogen) atoms. The van der Waals surface area contributed by atoms with Crippen molar-refractivity contribution in [2.75, 3.05) is 39.9 Å². The lowest BCUT2D eigenvalue weighted by molar-refractivity contribution is -0.898. The molecular weight excluding hydrogens is 306 g/mol. The second-order valence-corrected chi connectivity index (χ2v) is 6.40. The number of hydrogen-bond donors (Lipinski definition) is 2. The Labute approximate surface area is 143 Å². The van der Waals surface area contributed by atoms with E-state index in [0.29, 0.717) is 26.2 Å². The van der Waals surface area contributed by atoms with Gasteiger partial charge in [0, 0.05) is 39.0 Å². The van der Waals surface area contributed by atoms with Gasteiger partial charge in [-0.05, 0) is 5.56 Å². The molecular formula is C18H28N3O3+. The summed E-state index contributed by atoms with van der Waals surface area (Å²) in [7, 11) is 1.64. The number of piperidine rings is 1. The van der Waals surface area contributed by atoms with Gasteiger partial charge in [-0.3, -0.25) is 9.59 Å². The Balaban J connectivity index is 1.89. The fraction of sp³-hybridized carbons (Fsp3) is 0.556. The number of nitrogens with zero attached hydrogens (tertiary/aromatic N) is 1. The van der Waals surface area contributed by atoms with Crippen molar-refractivity contribution in [2.45, 2.75) is 19.4 Å². The Morgan fingerprint density at radius 2 is 1.92 bits per heavy atom. The minimum Gasteiger partial charge on any atom is -0.383 e. The Kier molecular flexibility index (Phi) is 7.21. The van der Waals surface area contributed by atoms with Gasteiger partial charge in [0.25, 0.3) is 5.91 Å². The molecule has 0 saturated carbocycles. The van der Waals surface area contributed by atoms with Gasteiger partial charge in [0.05, 0.1) is 19.7 Å². The van der Waals surface area contributed by atoms with Crippen LogP contribution in [0, 0.1) is 5.92 Å². The van der Waals surface area contributed by atoms with Crippen LogP contribution in [0.5, 0.6) is 0 Å². The molecule has 2 amide bonds. The average molecular weight is 334 g/mol. The summed E-state index contributed by atoms with van der Waals surface area (Å²) in [5.41, 5.74) is 6.48. The highest BCUT2D eigenvalue weighted by atomic mass is 16.5. The molecule has 1 aliphatic rings. The molecule has 2 rings (SSSR count). The highest BCUT2D eigenvalue weighted by Gasteiger charge is 2.28. The lowest BCUT2D eigenvalue weighted by atomic mass is 9.96. The first-order chi connectivity index (χ1) is 11.6. The maximum atomic E-state index is 12.7. The number of nitrogens with two attached hydrogens (primary N) is 1. The van der Waals surface area contributed by atoms with Crippen molar-refractivity contribution in [1.82, 2.24) is 4.90 Å². The van der Waals surface area contributed by atoms with E-state index in [1.165, 1.54) is 4.90 Å². The summed E-state index contributed by atoms with van der Waals surface area (Å²) in [6.07, 6.45) is 1.55. The van der Waals surface area contributed by atoms with Gasteiger partial charge in [0.1, 0.15) is 0 Å². The van der Waals surface area contributed by atoms with Crippen molar-refractivity contribution in [3.05, 3.63) is 35.9 Å². The quantitative estimate of drug-likeness (QED) is 0.669. The van der Waals surface area contributed by atoms with E-state index in [1.54, 1.807) is 7.11 Å². The lowest BCUT2D eigenvalue weighted by Gasteiger charge is -2.29. The van der Waals surface area contributed by atoms with E-state index in [-0.39, 0.29) is 17.7 Å². The molecule has 6 nitrogen and oxygen atoms in total. The van der Waals surface area contributed by atoms with E-state index in [1.807, 2.05) is 35.2 Å². The van der Waals surface area contributed by atoms with Crippen LogP contribution >= 0.6 is 0 Å². The first-order valence-electron chi connectivity index (χ1n) is 8.53. The van der Waals surface area contributed by atoms with Crippen LogP contribution < -0.4 is 10.6 Å². The monoisotopic (exact) mass is 334 g/mol. The summed E-state index contributed by atoms with van der Waals surface area (Å²) < 4.78 is 5.14. The number of carbonyl (C=O) groups is 2. The van der Waals surface area contributed by atoms with Crippen LogP contribution in [-0.4, -0.2) is 56.6 Å². The molecule has 132 valence electrons. The van der Waals surface area contributed by atoms with Crippen molar-refractivity contribution in [2.24, 2.45) is 11.7 Å². The Bertz CT molecular complexity index is 528. The first kappa shape index (κ1) is 18.4. The summed E-state index contributed by atoms with van der Waals surface area (Å²) in [5.74, 6) is -0.118. The first-order valence-corrected chi connectivity index (χ1v) is 8.53. The zero-order chi connectivity index (χ0) is 17.4. The van der Waals surface area contributed by atoms with Crippen molar-refractivity contribution in [1.29, 1.82) is 0 Å². The number of primary amides is 1. The number of quaternary nitrogens is 1. The molecule has 0 aromatic heterocycles. The predicted octanol–water partition coefficient (Wildman–Crippen LogP) is -0.558. The van der Waals surface area contributed by atoms with Crippen LogP contribution in [0.1, 0.15) is 18.4 Å². The van der Waals surface area contributed by atoms with E-state index in [4.69, 9.17) is 10.5 Å². The normalized spacial score (nSPS) is 20.5. The summed E-state index contributed by atoms with van der Waals surface area (Å²) in [6.45, 7) is 3.81. The van der Waals surface area contributed by atoms with E-state index >= 15 is 0 Å². The van der Waals surface area contributed by atoms with Crippen LogP contribution in [0.2, 0.25) is 0 Å². The number of methoxy groups -OCH3 is 1. The number of carbonyl (C=O) groups excluding carboxylic acids is 2. The maximum absolute atomic E-state index is 12.7. The van der Waals surface area contributed by atoms with E-state index in [2.05, 4.69) is 0 Å². The summed E-state index contributed by atoms with van der Waals surface area (Å²) in [5, 5.41) is 0. The second-order valence-electron chi connectivity index (χ2n) is 6.40. The van der Waals surface area contributed by atoms with Gasteiger partial charge in [-0.15, -0.1) is 0 Å². The molecule has 1 saturated heterocycles. The molecule has 0 unspecified atom stereocenters. The standard InChI is InChI=1S/C18H27N3O3/c1-24-12-11-21(13-15-5-3-2-4-6-15)17(22)14-20-9-7-16(8-10-20)18(19)23/h2-6,16H,7-14H2,1H3,(H2,19,23)/p+1. The highest BCUT2D eigenvalue weighted by Crippen LogP contribution is 2.08. The zero-order valence-electron chi connectivity index (χ0n) is 14.4. The zero-order valence-corrected chi connectivity index (χ0v) is 14.4. The number of hydrogen-bond acceptors (Lipinski definition) is 3. The summed E-state index contributed by atoms with van der Waals surface area (Å²) >= 11 is 0. The molecule has 1 fully saturated rings. The van der Waals surface area contributed by atoms with Gasteiger partial charge in [0.15, 0.2) is 6.54 Å². The van der Waals surface area contributed by atoms with E-state index < -0.39 is 0 Å². The minimum atomic E-state index is -0.217. The van der Waals surface area contributed by atoms with Crippen LogP contribution in [0.3, 0.4) is 0 Å². The fourth-order valence-corrected chi connectivity index (χ4v) is 3.11. The van der Waals surface area contributed by atoms with Crippen molar-refractivity contribution in [3.8, 4) is 0 Å². The van der Waals surface area contributed by atoms with Gasteiger partial charge in [-0.2, -0.15) is 0 Å². The van der Waals surface area contributed by atoms with Gasteiger partial charge < -0.3 is 20.3 Å². The second kappa shape index (κ2) is 9.39. The summed E-state index contributed by atoms with van der Waals surface area (Å²) in [6, 6.07) is 9.98. The Morgan fingerprint density at radius 1 is 1.25 bits per heavy atom. The maximum Gasteiger partial charge on any atom is 0.278 e. The molecule has 0 bridgehead atoms. The SMILES string of the molecule is COCCN(Cc1ccccc1)C(=O)C[NH+]1CCC(C(N)=O)CC1. The number of rotatable bonds is 8. The third-order valence-corrected chi connectivity index (χ3v) is 4.63. The molecule has 1 aliphatic heterocycles.